The molecule has 4 heterocycles. The zero-order chi connectivity index (χ0) is 21.8. The van der Waals surface area contributed by atoms with E-state index in [-0.39, 0.29) is 35.7 Å². The standard InChI is InChI=1S/C23H32O5S2/c1-6-15-18(25)19-13(4)11-22(15)20(27-19)17(21(26)28-22)23(29-8-9-30-23)14(5)10-12(3)16(24)7-2/h6-7,12-16,18-19,24-25H,1-2,8-11H2,3-5H3/t12-,13?,14+,15?,16?,18?,19?,22?/m0/s1. The van der Waals surface area contributed by atoms with Gasteiger partial charge in [0.15, 0.2) is 11.4 Å². The van der Waals surface area contributed by atoms with E-state index in [2.05, 4.69) is 20.1 Å². The number of aliphatic hydroxyl groups excluding tert-OH is 2. The number of rotatable bonds is 7. The fourth-order valence-corrected chi connectivity index (χ4v) is 9.28. The summed E-state index contributed by atoms with van der Waals surface area (Å²) >= 11 is 3.56. The Morgan fingerprint density at radius 1 is 1.30 bits per heavy atom. The molecule has 6 unspecified atom stereocenters. The zero-order valence-electron chi connectivity index (χ0n) is 17.9. The van der Waals surface area contributed by atoms with Crippen molar-refractivity contribution in [2.45, 2.75) is 61.6 Å². The zero-order valence-corrected chi connectivity index (χ0v) is 19.5. The van der Waals surface area contributed by atoms with E-state index in [0.29, 0.717) is 17.8 Å². The lowest BCUT2D eigenvalue weighted by Crippen LogP contribution is -2.63. The number of ether oxygens (including phenoxy) is 2. The number of fused-ring (bicyclic) bond motifs is 2. The van der Waals surface area contributed by atoms with Gasteiger partial charge in [-0.05, 0) is 24.2 Å². The van der Waals surface area contributed by atoms with Crippen LogP contribution in [0.2, 0.25) is 0 Å². The lowest BCUT2D eigenvalue weighted by molar-refractivity contribution is -0.220. The van der Waals surface area contributed by atoms with Crippen molar-refractivity contribution in [3.05, 3.63) is 36.6 Å². The Bertz CT molecular complexity index is 774. The molecule has 0 amide bonds. The molecule has 8 atom stereocenters. The number of thioether (sulfide) groups is 2. The van der Waals surface area contributed by atoms with Crippen molar-refractivity contribution >= 4 is 29.5 Å². The molecule has 7 heteroatoms. The quantitative estimate of drug-likeness (QED) is 0.452. The van der Waals surface area contributed by atoms with E-state index in [9.17, 15) is 15.0 Å². The van der Waals surface area contributed by atoms with Gasteiger partial charge in [0.2, 0.25) is 0 Å². The molecule has 0 aromatic heterocycles. The number of aliphatic hydroxyl groups is 2. The summed E-state index contributed by atoms with van der Waals surface area (Å²) in [5.74, 6) is 2.04. The predicted molar refractivity (Wildman–Crippen MR) is 121 cm³/mol. The van der Waals surface area contributed by atoms with Gasteiger partial charge in [-0.2, -0.15) is 0 Å². The molecule has 0 radical (unpaired) electrons. The van der Waals surface area contributed by atoms with Crippen LogP contribution in [0.25, 0.3) is 0 Å². The number of carbonyl (C=O) groups excluding carboxylic acids is 1. The second kappa shape index (κ2) is 7.91. The van der Waals surface area contributed by atoms with Crippen LogP contribution in [0.5, 0.6) is 0 Å². The van der Waals surface area contributed by atoms with E-state index in [4.69, 9.17) is 9.47 Å². The maximum atomic E-state index is 13.4. The van der Waals surface area contributed by atoms with Gasteiger partial charge in [-0.25, -0.2) is 4.79 Å². The molecule has 30 heavy (non-hydrogen) atoms. The molecule has 1 saturated carbocycles. The second-order valence-electron chi connectivity index (χ2n) is 9.20. The summed E-state index contributed by atoms with van der Waals surface area (Å²) in [6, 6.07) is 0. The average molecular weight is 453 g/mol. The van der Waals surface area contributed by atoms with Crippen molar-refractivity contribution in [1.29, 1.82) is 0 Å². The Morgan fingerprint density at radius 3 is 2.57 bits per heavy atom. The van der Waals surface area contributed by atoms with Gasteiger partial charge < -0.3 is 19.7 Å². The van der Waals surface area contributed by atoms with E-state index in [1.54, 1.807) is 35.7 Å². The Morgan fingerprint density at radius 2 is 1.97 bits per heavy atom. The minimum Gasteiger partial charge on any atom is -0.487 e. The summed E-state index contributed by atoms with van der Waals surface area (Å²) in [6.45, 7) is 13.8. The molecule has 2 N–H and O–H groups in total. The summed E-state index contributed by atoms with van der Waals surface area (Å²) in [6.07, 6.45) is 3.00. The van der Waals surface area contributed by atoms with Crippen molar-refractivity contribution < 1.29 is 24.5 Å². The first-order chi connectivity index (χ1) is 14.2. The molecule has 1 aliphatic carbocycles. The highest BCUT2D eigenvalue weighted by Gasteiger charge is 2.69. The van der Waals surface area contributed by atoms with Crippen molar-refractivity contribution in [2.75, 3.05) is 11.5 Å². The Kier molecular flexibility index (Phi) is 5.88. The first kappa shape index (κ1) is 22.3. The topological polar surface area (TPSA) is 76.0 Å². The van der Waals surface area contributed by atoms with Gasteiger partial charge in [-0.1, -0.05) is 32.9 Å². The summed E-state index contributed by atoms with van der Waals surface area (Å²) in [5, 5.41) is 21.0. The molecule has 0 aromatic rings. The fraction of sp³-hybridized carbons (Fsp3) is 0.696. The Labute approximate surface area is 187 Å². The summed E-state index contributed by atoms with van der Waals surface area (Å²) in [5.41, 5.74) is -0.330. The van der Waals surface area contributed by atoms with E-state index < -0.39 is 21.9 Å². The minimum atomic E-state index is -0.954. The molecule has 166 valence electrons. The summed E-state index contributed by atoms with van der Waals surface area (Å²) in [7, 11) is 0. The molecular formula is C23H32O5S2. The SMILES string of the molecule is C=CC(O)[C@@H](C)C[C@@H](C)C1(C2=C3OC4C(C)CC3(OC2=O)C(C=C)C4O)SCCS1. The van der Waals surface area contributed by atoms with Crippen LogP contribution < -0.4 is 0 Å². The van der Waals surface area contributed by atoms with Crippen LogP contribution in [0.15, 0.2) is 36.6 Å². The third-order valence-corrected chi connectivity index (χ3v) is 11.1. The average Bonchev–Trinajstić information content (AvgIpc) is 3.29. The van der Waals surface area contributed by atoms with Crippen LogP contribution in [-0.2, 0) is 14.3 Å². The third kappa shape index (κ3) is 3.03. The lowest BCUT2D eigenvalue weighted by atomic mass is 9.64. The van der Waals surface area contributed by atoms with Gasteiger partial charge in [-0.3, -0.25) is 0 Å². The predicted octanol–water partition coefficient (Wildman–Crippen LogP) is 3.52. The van der Waals surface area contributed by atoms with E-state index >= 15 is 0 Å². The molecule has 5 rings (SSSR count). The van der Waals surface area contributed by atoms with Crippen molar-refractivity contribution in [2.24, 2.45) is 23.7 Å². The first-order valence-electron chi connectivity index (χ1n) is 10.8. The number of hydrogen-bond donors (Lipinski definition) is 2. The first-order valence-corrected chi connectivity index (χ1v) is 12.7. The molecule has 5 nitrogen and oxygen atoms in total. The molecule has 4 fully saturated rings. The van der Waals surface area contributed by atoms with Crippen LogP contribution >= 0.6 is 23.5 Å². The highest BCUT2D eigenvalue weighted by Crippen LogP contribution is 2.63. The molecule has 0 aromatic carbocycles. The molecular weight excluding hydrogens is 420 g/mol. The van der Waals surface area contributed by atoms with Crippen molar-refractivity contribution in [1.82, 2.24) is 0 Å². The van der Waals surface area contributed by atoms with E-state index in [1.807, 2.05) is 13.8 Å². The number of carbonyl (C=O) groups is 1. The maximum Gasteiger partial charge on any atom is 0.340 e. The van der Waals surface area contributed by atoms with Crippen molar-refractivity contribution in [3.8, 4) is 0 Å². The van der Waals surface area contributed by atoms with Gasteiger partial charge in [0.05, 0.1) is 16.1 Å². The summed E-state index contributed by atoms with van der Waals surface area (Å²) < 4.78 is 12.0. The van der Waals surface area contributed by atoms with Gasteiger partial charge in [0.1, 0.15) is 17.8 Å². The maximum absolute atomic E-state index is 13.4. The highest BCUT2D eigenvalue weighted by molar-refractivity contribution is 8.21. The number of hydrogen-bond acceptors (Lipinski definition) is 7. The highest BCUT2D eigenvalue weighted by atomic mass is 32.2. The van der Waals surface area contributed by atoms with Crippen LogP contribution in [0.3, 0.4) is 0 Å². The molecule has 1 spiro atoms. The van der Waals surface area contributed by atoms with Crippen molar-refractivity contribution in [3.63, 3.8) is 0 Å². The largest absolute Gasteiger partial charge is 0.487 e. The molecule has 3 saturated heterocycles. The molecule has 5 aliphatic rings. The smallest absolute Gasteiger partial charge is 0.340 e. The lowest BCUT2D eigenvalue weighted by Gasteiger charge is -2.54. The van der Waals surface area contributed by atoms with Gasteiger partial charge in [0.25, 0.3) is 0 Å². The van der Waals surface area contributed by atoms with Gasteiger partial charge in [0, 0.05) is 17.9 Å². The van der Waals surface area contributed by atoms with Crippen LogP contribution in [-0.4, -0.2) is 55.7 Å². The molecule has 4 aliphatic heterocycles. The van der Waals surface area contributed by atoms with Gasteiger partial charge in [-0.15, -0.1) is 36.7 Å². The fourth-order valence-electron chi connectivity index (χ4n) is 5.77. The summed E-state index contributed by atoms with van der Waals surface area (Å²) in [4.78, 5) is 13.4. The van der Waals surface area contributed by atoms with Crippen LogP contribution in [0.1, 0.15) is 33.6 Å². The van der Waals surface area contributed by atoms with Crippen LogP contribution in [0, 0.1) is 23.7 Å². The van der Waals surface area contributed by atoms with E-state index in [1.165, 1.54) is 0 Å². The normalized spacial score (nSPS) is 39.7. The van der Waals surface area contributed by atoms with Crippen LogP contribution in [0.4, 0.5) is 0 Å². The monoisotopic (exact) mass is 452 g/mol. The third-order valence-electron chi connectivity index (χ3n) is 7.29. The number of esters is 1. The van der Waals surface area contributed by atoms with Gasteiger partial charge >= 0.3 is 5.97 Å². The Hall–Kier alpha value is -0.890. The minimum absolute atomic E-state index is 0.0275. The second-order valence-corrected chi connectivity index (χ2v) is 12.1. The molecule has 2 bridgehead atoms. The Balaban J connectivity index is 1.78. The van der Waals surface area contributed by atoms with E-state index in [0.717, 1.165) is 17.9 Å².